The van der Waals surface area contributed by atoms with Crippen LogP contribution >= 0.6 is 0 Å². The van der Waals surface area contributed by atoms with Gasteiger partial charge in [-0.25, -0.2) is 0 Å². The molecule has 0 saturated carbocycles. The van der Waals surface area contributed by atoms with Gasteiger partial charge in [0.2, 0.25) is 5.88 Å². The summed E-state index contributed by atoms with van der Waals surface area (Å²) in [6.45, 7) is 4.75. The van der Waals surface area contributed by atoms with E-state index in [-0.39, 0.29) is 5.92 Å². The van der Waals surface area contributed by atoms with E-state index in [0.29, 0.717) is 6.61 Å². The second-order valence-corrected chi connectivity index (χ2v) is 5.35. The third kappa shape index (κ3) is 3.26. The van der Waals surface area contributed by atoms with Crippen molar-refractivity contribution in [1.82, 2.24) is 15.0 Å². The molecule has 1 atom stereocenters. The van der Waals surface area contributed by atoms with Crippen molar-refractivity contribution in [3.8, 4) is 0 Å². The largest absolute Gasteiger partial charge is 0.478 e. The van der Waals surface area contributed by atoms with Gasteiger partial charge in [-0.05, 0) is 37.1 Å². The van der Waals surface area contributed by atoms with Gasteiger partial charge in [-0.1, -0.05) is 54.6 Å². The van der Waals surface area contributed by atoms with Crippen LogP contribution in [0, 0.1) is 0 Å². The summed E-state index contributed by atoms with van der Waals surface area (Å²) in [5.41, 5.74) is 3.10. The Kier molecular flexibility index (Phi) is 4.71. The highest BCUT2D eigenvalue weighted by atomic mass is 16.5. The fraction of sp³-hybridized carbons (Fsp3) is 0.263. The second kappa shape index (κ2) is 7.09. The number of aromatic nitrogens is 3. The summed E-state index contributed by atoms with van der Waals surface area (Å²) in [4.78, 5) is 0. The molecule has 0 amide bonds. The Morgan fingerprint density at radius 1 is 1.09 bits per heavy atom. The van der Waals surface area contributed by atoms with Crippen molar-refractivity contribution in [3.63, 3.8) is 0 Å². The van der Waals surface area contributed by atoms with Crippen LogP contribution in [0.2, 0.25) is 0 Å². The highest BCUT2D eigenvalue weighted by molar-refractivity contribution is 5.76. The summed E-state index contributed by atoms with van der Waals surface area (Å²) in [5, 5.41) is 8.49. The molecule has 0 aliphatic rings. The third-order valence-electron chi connectivity index (χ3n) is 3.86. The van der Waals surface area contributed by atoms with E-state index in [9.17, 15) is 0 Å². The molecule has 23 heavy (non-hydrogen) atoms. The van der Waals surface area contributed by atoms with Crippen LogP contribution in [0.4, 0.5) is 0 Å². The standard InChI is InChI=1S/C19H21N3O/c1-3-15(16-10-6-5-7-11-16)14-19(23-4-2)22-18-13-9-8-12-17(18)20-21-22/h5-15H,3-4H2,1-2H3/b19-14+. The van der Waals surface area contributed by atoms with Crippen LogP contribution < -0.4 is 0 Å². The molecular weight excluding hydrogens is 286 g/mol. The lowest BCUT2D eigenvalue weighted by Crippen LogP contribution is -2.06. The van der Waals surface area contributed by atoms with Gasteiger partial charge in [0, 0.05) is 5.92 Å². The van der Waals surface area contributed by atoms with Crippen molar-refractivity contribution in [1.29, 1.82) is 0 Å². The lowest BCUT2D eigenvalue weighted by Gasteiger charge is -2.15. The van der Waals surface area contributed by atoms with Gasteiger partial charge in [-0.3, -0.25) is 0 Å². The Morgan fingerprint density at radius 3 is 2.57 bits per heavy atom. The van der Waals surface area contributed by atoms with Gasteiger partial charge in [0.15, 0.2) is 0 Å². The predicted molar refractivity (Wildman–Crippen MR) is 92.9 cm³/mol. The Balaban J connectivity index is 2.03. The van der Waals surface area contributed by atoms with Gasteiger partial charge in [0.25, 0.3) is 0 Å². The van der Waals surface area contributed by atoms with Crippen LogP contribution in [-0.2, 0) is 4.74 Å². The fourth-order valence-corrected chi connectivity index (χ4v) is 2.68. The summed E-state index contributed by atoms with van der Waals surface area (Å²) >= 11 is 0. The lowest BCUT2D eigenvalue weighted by molar-refractivity contribution is 0.271. The number of hydrogen-bond acceptors (Lipinski definition) is 3. The minimum Gasteiger partial charge on any atom is -0.478 e. The Bertz CT molecular complexity index is 792. The van der Waals surface area contributed by atoms with Crippen LogP contribution in [0.3, 0.4) is 0 Å². The van der Waals surface area contributed by atoms with Crippen LogP contribution in [-0.4, -0.2) is 21.6 Å². The molecule has 3 rings (SSSR count). The van der Waals surface area contributed by atoms with E-state index in [1.807, 2.05) is 37.3 Å². The summed E-state index contributed by atoms with van der Waals surface area (Å²) in [6, 6.07) is 18.4. The van der Waals surface area contributed by atoms with Crippen LogP contribution in [0.5, 0.6) is 0 Å². The molecule has 0 aliphatic heterocycles. The van der Waals surface area contributed by atoms with Crippen molar-refractivity contribution >= 4 is 16.9 Å². The predicted octanol–water partition coefficient (Wildman–Crippen LogP) is 4.46. The topological polar surface area (TPSA) is 39.9 Å². The molecule has 1 unspecified atom stereocenters. The number of ether oxygens (including phenoxy) is 1. The molecule has 3 aromatic rings. The summed E-state index contributed by atoms with van der Waals surface area (Å²) < 4.78 is 7.65. The van der Waals surface area contributed by atoms with Crippen LogP contribution in [0.1, 0.15) is 31.7 Å². The summed E-state index contributed by atoms with van der Waals surface area (Å²) in [7, 11) is 0. The molecule has 0 N–H and O–H groups in total. The van der Waals surface area contributed by atoms with E-state index in [0.717, 1.165) is 23.3 Å². The SMILES string of the molecule is CCO/C(=C/C(CC)c1ccccc1)n1nnc2ccccc21. The molecule has 0 fully saturated rings. The molecule has 1 heterocycles. The first kappa shape index (κ1) is 15.3. The van der Waals surface area contributed by atoms with E-state index in [2.05, 4.69) is 47.6 Å². The van der Waals surface area contributed by atoms with Gasteiger partial charge in [-0.15, -0.1) is 5.10 Å². The molecular formula is C19H21N3O. The minimum absolute atomic E-state index is 0.278. The number of nitrogens with zero attached hydrogens (tertiary/aromatic N) is 3. The highest BCUT2D eigenvalue weighted by Crippen LogP contribution is 2.25. The molecule has 118 valence electrons. The highest BCUT2D eigenvalue weighted by Gasteiger charge is 2.13. The van der Waals surface area contributed by atoms with Crippen LogP contribution in [0.25, 0.3) is 16.9 Å². The van der Waals surface area contributed by atoms with Crippen molar-refractivity contribution in [2.24, 2.45) is 0 Å². The number of hydrogen-bond donors (Lipinski definition) is 0. The summed E-state index contributed by atoms with van der Waals surface area (Å²) in [5.74, 6) is 1.01. The Morgan fingerprint density at radius 2 is 1.83 bits per heavy atom. The summed E-state index contributed by atoms with van der Waals surface area (Å²) in [6.07, 6.45) is 3.13. The first-order valence-electron chi connectivity index (χ1n) is 8.03. The second-order valence-electron chi connectivity index (χ2n) is 5.35. The van der Waals surface area contributed by atoms with E-state index in [1.54, 1.807) is 4.68 Å². The average molecular weight is 307 g/mol. The molecule has 2 aromatic carbocycles. The zero-order valence-corrected chi connectivity index (χ0v) is 13.5. The maximum Gasteiger partial charge on any atom is 0.212 e. The van der Waals surface area contributed by atoms with Crippen molar-refractivity contribution in [2.75, 3.05) is 6.61 Å². The average Bonchev–Trinajstić information content (AvgIpc) is 3.03. The number of para-hydroxylation sites is 1. The van der Waals surface area contributed by atoms with Gasteiger partial charge in [-0.2, -0.15) is 4.68 Å². The van der Waals surface area contributed by atoms with Crippen molar-refractivity contribution < 1.29 is 4.74 Å². The van der Waals surface area contributed by atoms with E-state index >= 15 is 0 Å². The molecule has 0 radical (unpaired) electrons. The molecule has 1 aromatic heterocycles. The molecule has 0 bridgehead atoms. The normalized spacial score (nSPS) is 13.2. The quantitative estimate of drug-likeness (QED) is 0.631. The third-order valence-corrected chi connectivity index (χ3v) is 3.86. The molecule has 0 saturated heterocycles. The number of fused-ring (bicyclic) bond motifs is 1. The number of rotatable bonds is 6. The Labute approximate surface area is 136 Å². The zero-order chi connectivity index (χ0) is 16.1. The Hall–Kier alpha value is -2.62. The van der Waals surface area contributed by atoms with Gasteiger partial charge < -0.3 is 4.74 Å². The zero-order valence-electron chi connectivity index (χ0n) is 13.5. The maximum atomic E-state index is 5.87. The number of allylic oxidation sites excluding steroid dienone is 1. The van der Waals surface area contributed by atoms with Crippen molar-refractivity contribution in [2.45, 2.75) is 26.2 Å². The first-order valence-corrected chi connectivity index (χ1v) is 8.03. The van der Waals surface area contributed by atoms with E-state index < -0.39 is 0 Å². The van der Waals surface area contributed by atoms with E-state index in [4.69, 9.17) is 4.74 Å². The first-order chi connectivity index (χ1) is 11.3. The lowest BCUT2D eigenvalue weighted by atomic mass is 9.96. The minimum atomic E-state index is 0.278. The molecule has 4 heteroatoms. The molecule has 0 spiro atoms. The number of benzene rings is 2. The molecule has 0 aliphatic carbocycles. The smallest absolute Gasteiger partial charge is 0.212 e. The van der Waals surface area contributed by atoms with E-state index in [1.165, 1.54) is 5.56 Å². The van der Waals surface area contributed by atoms with Gasteiger partial charge in [0.1, 0.15) is 5.52 Å². The van der Waals surface area contributed by atoms with Gasteiger partial charge >= 0.3 is 0 Å². The monoisotopic (exact) mass is 307 g/mol. The molecule has 4 nitrogen and oxygen atoms in total. The fourth-order valence-electron chi connectivity index (χ4n) is 2.68. The van der Waals surface area contributed by atoms with Crippen LogP contribution in [0.15, 0.2) is 60.7 Å². The maximum absolute atomic E-state index is 5.87. The van der Waals surface area contributed by atoms with Gasteiger partial charge in [0.05, 0.1) is 12.1 Å². The van der Waals surface area contributed by atoms with Crippen molar-refractivity contribution in [3.05, 3.63) is 66.2 Å².